The molecule has 6 nitrogen and oxygen atoms in total. The van der Waals surface area contributed by atoms with Gasteiger partial charge in [0.15, 0.2) is 0 Å². The highest BCUT2D eigenvalue weighted by Crippen LogP contribution is 2.26. The minimum atomic E-state index is -3.68. The summed E-state index contributed by atoms with van der Waals surface area (Å²) in [4.78, 5) is 13.1. The highest BCUT2D eigenvalue weighted by molar-refractivity contribution is 7.89. The van der Waals surface area contributed by atoms with Gasteiger partial charge in [0, 0.05) is 24.3 Å². The molecule has 1 aliphatic heterocycles. The third-order valence-electron chi connectivity index (χ3n) is 5.21. The van der Waals surface area contributed by atoms with Crippen LogP contribution in [0.4, 0.5) is 5.69 Å². The van der Waals surface area contributed by atoms with Gasteiger partial charge in [-0.05, 0) is 56.0 Å². The number of aryl methyl sites for hydroxylation is 4. The number of rotatable bonds is 5. The van der Waals surface area contributed by atoms with Gasteiger partial charge >= 0.3 is 0 Å². The van der Waals surface area contributed by atoms with Gasteiger partial charge in [-0.25, -0.2) is 8.42 Å². The van der Waals surface area contributed by atoms with Crippen molar-refractivity contribution in [3.8, 4) is 0 Å². The lowest BCUT2D eigenvalue weighted by molar-refractivity contribution is 0.0730. The summed E-state index contributed by atoms with van der Waals surface area (Å²) in [6, 6.07) is 8.94. The van der Waals surface area contributed by atoms with E-state index in [1.807, 2.05) is 39.8 Å². The number of amides is 1. The highest BCUT2D eigenvalue weighted by Gasteiger charge is 2.29. The Hall–Kier alpha value is -2.22. The normalized spacial score (nSPS) is 15.3. The van der Waals surface area contributed by atoms with E-state index in [4.69, 9.17) is 4.74 Å². The largest absolute Gasteiger partial charge is 0.379 e. The van der Waals surface area contributed by atoms with Crippen molar-refractivity contribution in [2.24, 2.45) is 0 Å². The van der Waals surface area contributed by atoms with Crippen LogP contribution in [-0.2, 0) is 21.2 Å². The zero-order valence-electron chi connectivity index (χ0n) is 17.4. The molecule has 2 aromatic carbocycles. The van der Waals surface area contributed by atoms with Crippen molar-refractivity contribution in [2.45, 2.75) is 39.0 Å². The number of benzene rings is 2. The summed E-state index contributed by atoms with van der Waals surface area (Å²) in [6.45, 7) is 9.23. The lowest BCUT2D eigenvalue weighted by Crippen LogP contribution is -2.41. The molecule has 0 aromatic heterocycles. The average molecular weight is 417 g/mol. The maximum Gasteiger partial charge on any atom is 0.255 e. The SMILES string of the molecule is CCc1ccc(C(=O)Nc2c(C)cc(C)cc2C)cc1S(=O)(=O)N1CCOCC1. The molecule has 1 heterocycles. The van der Waals surface area contributed by atoms with E-state index in [0.717, 1.165) is 22.4 Å². The van der Waals surface area contributed by atoms with E-state index < -0.39 is 10.0 Å². The maximum absolute atomic E-state index is 13.2. The van der Waals surface area contributed by atoms with E-state index in [1.165, 1.54) is 10.4 Å². The van der Waals surface area contributed by atoms with Crippen LogP contribution < -0.4 is 5.32 Å². The number of morpholine rings is 1. The minimum Gasteiger partial charge on any atom is -0.379 e. The van der Waals surface area contributed by atoms with Crippen LogP contribution in [-0.4, -0.2) is 44.9 Å². The standard InChI is InChI=1S/C22H28N2O4S/c1-5-18-6-7-19(14-20(18)29(26,27)24-8-10-28-11-9-24)22(25)23-21-16(3)12-15(2)13-17(21)4/h6-7,12-14H,5,8-11H2,1-4H3,(H,23,25). The minimum absolute atomic E-state index is 0.201. The van der Waals surface area contributed by atoms with Crippen molar-refractivity contribution >= 4 is 21.6 Å². The quantitative estimate of drug-likeness (QED) is 0.810. The number of ether oxygens (including phenoxy) is 1. The first-order chi connectivity index (χ1) is 13.7. The molecule has 1 amide bonds. The molecule has 0 radical (unpaired) electrons. The Balaban J connectivity index is 1.95. The summed E-state index contributed by atoms with van der Waals surface area (Å²) in [7, 11) is -3.68. The van der Waals surface area contributed by atoms with Gasteiger partial charge in [-0.15, -0.1) is 0 Å². The number of anilines is 1. The number of carbonyl (C=O) groups excluding carboxylic acids is 1. The number of sulfonamides is 1. The summed E-state index contributed by atoms with van der Waals surface area (Å²) >= 11 is 0. The molecule has 2 aromatic rings. The molecule has 0 saturated carbocycles. The number of nitrogens with one attached hydrogen (secondary N) is 1. The topological polar surface area (TPSA) is 75.7 Å². The molecule has 1 aliphatic rings. The van der Waals surface area contributed by atoms with Crippen LogP contribution in [0.5, 0.6) is 0 Å². The summed E-state index contributed by atoms with van der Waals surface area (Å²) < 4.78 is 33.1. The summed E-state index contributed by atoms with van der Waals surface area (Å²) in [5.41, 5.74) is 4.87. The Labute approximate surface area is 172 Å². The van der Waals surface area contributed by atoms with Crippen LogP contribution in [0.15, 0.2) is 35.2 Å². The monoisotopic (exact) mass is 416 g/mol. The number of hydrogen-bond acceptors (Lipinski definition) is 4. The third-order valence-corrected chi connectivity index (χ3v) is 7.19. The lowest BCUT2D eigenvalue weighted by atomic mass is 10.0. The number of carbonyl (C=O) groups is 1. The van der Waals surface area contributed by atoms with Crippen molar-refractivity contribution in [1.82, 2.24) is 4.31 Å². The van der Waals surface area contributed by atoms with Gasteiger partial charge in [-0.3, -0.25) is 4.79 Å². The Morgan fingerprint density at radius 2 is 1.69 bits per heavy atom. The van der Waals surface area contributed by atoms with Gasteiger partial charge in [0.05, 0.1) is 18.1 Å². The fourth-order valence-electron chi connectivity index (χ4n) is 3.72. The molecule has 1 saturated heterocycles. The molecule has 0 atom stereocenters. The Morgan fingerprint density at radius 3 is 2.28 bits per heavy atom. The molecular formula is C22H28N2O4S. The van der Waals surface area contributed by atoms with E-state index in [9.17, 15) is 13.2 Å². The fraction of sp³-hybridized carbons (Fsp3) is 0.409. The predicted octanol–water partition coefficient (Wildman–Crippen LogP) is 3.45. The summed E-state index contributed by atoms with van der Waals surface area (Å²) in [5, 5.41) is 2.95. The zero-order chi connectivity index (χ0) is 21.2. The molecule has 1 fully saturated rings. The van der Waals surface area contributed by atoms with E-state index in [2.05, 4.69) is 5.32 Å². The van der Waals surface area contributed by atoms with Crippen molar-refractivity contribution < 1.29 is 17.9 Å². The first kappa shape index (κ1) is 21.5. The molecule has 0 spiro atoms. The second-order valence-electron chi connectivity index (χ2n) is 7.42. The molecule has 29 heavy (non-hydrogen) atoms. The van der Waals surface area contributed by atoms with Crippen molar-refractivity contribution in [3.05, 3.63) is 58.1 Å². The molecule has 156 valence electrons. The van der Waals surface area contributed by atoms with E-state index >= 15 is 0 Å². The van der Waals surface area contributed by atoms with E-state index in [-0.39, 0.29) is 10.8 Å². The van der Waals surface area contributed by atoms with E-state index in [1.54, 1.807) is 12.1 Å². The van der Waals surface area contributed by atoms with Gasteiger partial charge in [0.25, 0.3) is 5.91 Å². The second kappa shape index (κ2) is 8.65. The predicted molar refractivity (Wildman–Crippen MR) is 114 cm³/mol. The molecule has 3 rings (SSSR count). The number of nitrogens with zero attached hydrogens (tertiary/aromatic N) is 1. The van der Waals surface area contributed by atoms with Gasteiger partial charge in [-0.2, -0.15) is 4.31 Å². The van der Waals surface area contributed by atoms with Crippen LogP contribution in [0.25, 0.3) is 0 Å². The summed E-state index contributed by atoms with van der Waals surface area (Å²) in [6.07, 6.45) is 0.566. The Kier molecular flexibility index (Phi) is 6.41. The van der Waals surface area contributed by atoms with Gasteiger partial charge in [0.2, 0.25) is 10.0 Å². The first-order valence-electron chi connectivity index (χ1n) is 9.84. The fourth-order valence-corrected chi connectivity index (χ4v) is 5.44. The zero-order valence-corrected chi connectivity index (χ0v) is 18.2. The Morgan fingerprint density at radius 1 is 1.07 bits per heavy atom. The van der Waals surface area contributed by atoms with Crippen molar-refractivity contribution in [3.63, 3.8) is 0 Å². The second-order valence-corrected chi connectivity index (χ2v) is 9.33. The molecular weight excluding hydrogens is 388 g/mol. The Bertz CT molecular complexity index is 1000. The third kappa shape index (κ3) is 4.52. The molecule has 7 heteroatoms. The van der Waals surface area contributed by atoms with Crippen molar-refractivity contribution in [1.29, 1.82) is 0 Å². The molecule has 1 N–H and O–H groups in total. The van der Waals surface area contributed by atoms with E-state index in [0.29, 0.717) is 43.9 Å². The summed E-state index contributed by atoms with van der Waals surface area (Å²) in [5.74, 6) is -0.318. The molecule has 0 unspecified atom stereocenters. The van der Waals surface area contributed by atoms with Gasteiger partial charge in [0.1, 0.15) is 0 Å². The highest BCUT2D eigenvalue weighted by atomic mass is 32.2. The van der Waals surface area contributed by atoms with Crippen molar-refractivity contribution in [2.75, 3.05) is 31.6 Å². The van der Waals surface area contributed by atoms with Gasteiger partial charge in [-0.1, -0.05) is 30.7 Å². The van der Waals surface area contributed by atoms with Crippen LogP contribution >= 0.6 is 0 Å². The molecule has 0 bridgehead atoms. The smallest absolute Gasteiger partial charge is 0.255 e. The van der Waals surface area contributed by atoms with Crippen LogP contribution in [0.1, 0.15) is 39.5 Å². The van der Waals surface area contributed by atoms with Crippen LogP contribution in [0.2, 0.25) is 0 Å². The maximum atomic E-state index is 13.2. The molecule has 0 aliphatic carbocycles. The number of hydrogen-bond donors (Lipinski definition) is 1. The first-order valence-corrected chi connectivity index (χ1v) is 11.3. The van der Waals surface area contributed by atoms with Crippen LogP contribution in [0, 0.1) is 20.8 Å². The average Bonchev–Trinajstić information content (AvgIpc) is 2.70. The van der Waals surface area contributed by atoms with Gasteiger partial charge < -0.3 is 10.1 Å². The lowest BCUT2D eigenvalue weighted by Gasteiger charge is -2.27. The van der Waals surface area contributed by atoms with Crippen LogP contribution in [0.3, 0.4) is 0 Å².